The first-order valence-electron chi connectivity index (χ1n) is 6.18. The molecule has 0 saturated heterocycles. The standard InChI is InChI=1S/C14H19NO3/c1-2-3-4-11-5-7-12(8-6-11)9-13(16)15-10-14(17)18/h5-8H,2-4,9-10H2,1H3,(H,15,16)(H,17,18). The normalized spacial score (nSPS) is 10.1. The maximum Gasteiger partial charge on any atom is 0.322 e. The van der Waals surface area contributed by atoms with Crippen LogP contribution in [0.25, 0.3) is 0 Å². The predicted octanol–water partition coefficient (Wildman–Crippen LogP) is 1.77. The van der Waals surface area contributed by atoms with E-state index in [1.54, 1.807) is 0 Å². The van der Waals surface area contributed by atoms with Gasteiger partial charge in [0.2, 0.25) is 5.91 Å². The fraction of sp³-hybridized carbons (Fsp3) is 0.429. The first kappa shape index (κ1) is 14.2. The number of carboxylic acid groups (broad SMARTS) is 1. The van der Waals surface area contributed by atoms with Crippen LogP contribution < -0.4 is 5.32 Å². The Morgan fingerprint density at radius 1 is 1.17 bits per heavy atom. The van der Waals surface area contributed by atoms with Crippen LogP contribution in [0.4, 0.5) is 0 Å². The SMILES string of the molecule is CCCCc1ccc(CC(=O)NCC(=O)O)cc1. The topological polar surface area (TPSA) is 66.4 Å². The van der Waals surface area contributed by atoms with Crippen molar-refractivity contribution in [2.75, 3.05) is 6.54 Å². The highest BCUT2D eigenvalue weighted by Gasteiger charge is 2.05. The number of unbranched alkanes of at least 4 members (excludes halogenated alkanes) is 1. The van der Waals surface area contributed by atoms with Gasteiger partial charge in [0.15, 0.2) is 0 Å². The number of carbonyl (C=O) groups excluding carboxylic acids is 1. The molecule has 0 aliphatic rings. The third-order valence-corrected chi connectivity index (χ3v) is 2.64. The molecule has 0 aliphatic carbocycles. The highest BCUT2D eigenvalue weighted by atomic mass is 16.4. The van der Waals surface area contributed by atoms with Crippen LogP contribution in [0.1, 0.15) is 30.9 Å². The van der Waals surface area contributed by atoms with Gasteiger partial charge in [-0.1, -0.05) is 37.6 Å². The number of hydrogen-bond acceptors (Lipinski definition) is 2. The van der Waals surface area contributed by atoms with Gasteiger partial charge >= 0.3 is 5.97 Å². The molecule has 1 aromatic rings. The van der Waals surface area contributed by atoms with Crippen molar-refractivity contribution < 1.29 is 14.7 Å². The van der Waals surface area contributed by atoms with Crippen molar-refractivity contribution in [3.8, 4) is 0 Å². The molecular weight excluding hydrogens is 230 g/mol. The second kappa shape index (κ2) is 7.48. The second-order valence-corrected chi connectivity index (χ2v) is 4.27. The first-order chi connectivity index (χ1) is 8.61. The van der Waals surface area contributed by atoms with E-state index in [0.29, 0.717) is 0 Å². The molecule has 4 nitrogen and oxygen atoms in total. The van der Waals surface area contributed by atoms with Crippen molar-refractivity contribution in [3.05, 3.63) is 35.4 Å². The maximum atomic E-state index is 11.4. The molecule has 0 heterocycles. The third-order valence-electron chi connectivity index (χ3n) is 2.64. The summed E-state index contributed by atoms with van der Waals surface area (Å²) in [6.45, 7) is 1.83. The number of amides is 1. The zero-order chi connectivity index (χ0) is 13.4. The Morgan fingerprint density at radius 3 is 2.33 bits per heavy atom. The molecular formula is C14H19NO3. The van der Waals surface area contributed by atoms with Crippen LogP contribution in [-0.4, -0.2) is 23.5 Å². The van der Waals surface area contributed by atoms with Crippen molar-refractivity contribution in [2.45, 2.75) is 32.6 Å². The van der Waals surface area contributed by atoms with Crippen LogP contribution in [0.2, 0.25) is 0 Å². The zero-order valence-corrected chi connectivity index (χ0v) is 10.6. The maximum absolute atomic E-state index is 11.4. The number of rotatable bonds is 7. The molecule has 98 valence electrons. The minimum atomic E-state index is -1.03. The predicted molar refractivity (Wildman–Crippen MR) is 69.4 cm³/mol. The summed E-state index contributed by atoms with van der Waals surface area (Å²) in [5, 5.41) is 10.8. The van der Waals surface area contributed by atoms with Crippen molar-refractivity contribution in [2.24, 2.45) is 0 Å². The molecule has 0 unspecified atom stereocenters. The van der Waals surface area contributed by atoms with Gasteiger partial charge in [-0.25, -0.2) is 0 Å². The van der Waals surface area contributed by atoms with E-state index in [2.05, 4.69) is 12.2 Å². The molecule has 1 aromatic carbocycles. The Kier molecular flexibility index (Phi) is 5.91. The number of nitrogens with one attached hydrogen (secondary N) is 1. The van der Waals surface area contributed by atoms with E-state index >= 15 is 0 Å². The van der Waals surface area contributed by atoms with Gasteiger partial charge in [0, 0.05) is 0 Å². The Labute approximate surface area is 107 Å². The number of carbonyl (C=O) groups is 2. The average molecular weight is 249 g/mol. The lowest BCUT2D eigenvalue weighted by Gasteiger charge is -2.04. The molecule has 0 fully saturated rings. The van der Waals surface area contributed by atoms with Crippen molar-refractivity contribution in [1.29, 1.82) is 0 Å². The second-order valence-electron chi connectivity index (χ2n) is 4.27. The summed E-state index contributed by atoms with van der Waals surface area (Å²) in [6, 6.07) is 7.89. The van der Waals surface area contributed by atoms with E-state index in [1.807, 2.05) is 24.3 Å². The third kappa shape index (κ3) is 5.48. The summed E-state index contributed by atoms with van der Waals surface area (Å²) in [4.78, 5) is 21.7. The minimum absolute atomic E-state index is 0.224. The lowest BCUT2D eigenvalue weighted by atomic mass is 10.0. The number of aliphatic carboxylic acids is 1. The smallest absolute Gasteiger partial charge is 0.322 e. The Balaban J connectivity index is 2.42. The van der Waals surface area contributed by atoms with Gasteiger partial charge in [-0.2, -0.15) is 0 Å². The van der Waals surface area contributed by atoms with Gasteiger partial charge in [-0.15, -0.1) is 0 Å². The van der Waals surface area contributed by atoms with Gasteiger partial charge in [-0.05, 0) is 24.0 Å². The lowest BCUT2D eigenvalue weighted by Crippen LogP contribution is -2.30. The summed E-state index contributed by atoms with van der Waals surface area (Å²) < 4.78 is 0. The van der Waals surface area contributed by atoms with Gasteiger partial charge in [-0.3, -0.25) is 9.59 Å². The quantitative estimate of drug-likeness (QED) is 0.774. The molecule has 0 aromatic heterocycles. The van der Waals surface area contributed by atoms with E-state index in [-0.39, 0.29) is 18.9 Å². The van der Waals surface area contributed by atoms with Crippen LogP contribution >= 0.6 is 0 Å². The summed E-state index contributed by atoms with van der Waals surface area (Å²) in [5.74, 6) is -1.29. The molecule has 0 radical (unpaired) electrons. The number of carboxylic acids is 1. The molecule has 4 heteroatoms. The zero-order valence-electron chi connectivity index (χ0n) is 10.6. The molecule has 0 spiro atoms. The molecule has 0 bridgehead atoms. The van der Waals surface area contributed by atoms with E-state index in [9.17, 15) is 9.59 Å². The molecule has 2 N–H and O–H groups in total. The Morgan fingerprint density at radius 2 is 1.78 bits per heavy atom. The van der Waals surface area contributed by atoms with E-state index < -0.39 is 5.97 Å². The number of hydrogen-bond donors (Lipinski definition) is 2. The molecule has 1 rings (SSSR count). The van der Waals surface area contributed by atoms with Gasteiger partial charge in [0.05, 0.1) is 6.42 Å². The highest BCUT2D eigenvalue weighted by molar-refractivity contribution is 5.82. The van der Waals surface area contributed by atoms with Crippen LogP contribution in [0.5, 0.6) is 0 Å². The van der Waals surface area contributed by atoms with Gasteiger partial charge in [0.1, 0.15) is 6.54 Å². The lowest BCUT2D eigenvalue weighted by molar-refractivity contribution is -0.137. The van der Waals surface area contributed by atoms with Crippen molar-refractivity contribution >= 4 is 11.9 Å². The van der Waals surface area contributed by atoms with Crippen molar-refractivity contribution in [1.82, 2.24) is 5.32 Å². The molecule has 1 amide bonds. The van der Waals surface area contributed by atoms with E-state index in [4.69, 9.17) is 5.11 Å². The van der Waals surface area contributed by atoms with Gasteiger partial charge < -0.3 is 10.4 Å². The number of aryl methyl sites for hydroxylation is 1. The minimum Gasteiger partial charge on any atom is -0.480 e. The van der Waals surface area contributed by atoms with Crippen LogP contribution in [-0.2, 0) is 22.4 Å². The summed E-state index contributed by atoms with van der Waals surface area (Å²) in [7, 11) is 0. The number of benzene rings is 1. The van der Waals surface area contributed by atoms with Gasteiger partial charge in [0.25, 0.3) is 0 Å². The average Bonchev–Trinajstić information content (AvgIpc) is 2.35. The monoisotopic (exact) mass is 249 g/mol. The Hall–Kier alpha value is -1.84. The van der Waals surface area contributed by atoms with Crippen molar-refractivity contribution in [3.63, 3.8) is 0 Å². The largest absolute Gasteiger partial charge is 0.480 e. The molecule has 18 heavy (non-hydrogen) atoms. The van der Waals surface area contributed by atoms with Crippen LogP contribution in [0, 0.1) is 0 Å². The fourth-order valence-corrected chi connectivity index (χ4v) is 1.63. The first-order valence-corrected chi connectivity index (χ1v) is 6.18. The van der Waals surface area contributed by atoms with E-state index in [1.165, 1.54) is 18.4 Å². The molecule has 0 atom stereocenters. The summed E-state index contributed by atoms with van der Waals surface area (Å²) >= 11 is 0. The fourth-order valence-electron chi connectivity index (χ4n) is 1.63. The van der Waals surface area contributed by atoms with Crippen LogP contribution in [0.3, 0.4) is 0 Å². The van der Waals surface area contributed by atoms with Crippen LogP contribution in [0.15, 0.2) is 24.3 Å². The summed E-state index contributed by atoms with van der Waals surface area (Å²) in [6.07, 6.45) is 3.61. The Bertz CT molecular complexity index is 398. The summed E-state index contributed by atoms with van der Waals surface area (Å²) in [5.41, 5.74) is 2.17. The molecule has 0 aliphatic heterocycles. The van der Waals surface area contributed by atoms with E-state index in [0.717, 1.165) is 12.0 Å². The highest BCUT2D eigenvalue weighted by Crippen LogP contribution is 2.08. The molecule has 0 saturated carbocycles.